The Kier molecular flexibility index (Phi) is 6.11. The molecule has 6 rings (SSSR count). The molecule has 4 aromatic carbocycles. The van der Waals surface area contributed by atoms with Crippen molar-refractivity contribution in [2.45, 2.75) is 21.3 Å². The van der Waals surface area contributed by atoms with Crippen LogP contribution in [-0.4, -0.2) is 0 Å². The van der Waals surface area contributed by atoms with Gasteiger partial charge in [-0.25, -0.2) is 0 Å². The van der Waals surface area contributed by atoms with E-state index in [4.69, 9.17) is 0 Å². The first-order chi connectivity index (χ1) is 18.1. The first kappa shape index (κ1) is 23.9. The van der Waals surface area contributed by atoms with E-state index in [-0.39, 0.29) is 7.44 Å². The summed E-state index contributed by atoms with van der Waals surface area (Å²) in [6, 6.07) is 41.4. The number of hydrogen-bond acceptors (Lipinski definition) is 0. The van der Waals surface area contributed by atoms with E-state index in [1.165, 1.54) is 30.0 Å². The van der Waals surface area contributed by atoms with Gasteiger partial charge in [-0.15, -0.1) is 0 Å². The zero-order valence-electron chi connectivity index (χ0n) is 21.5. The minimum atomic E-state index is -3.68. The molecule has 0 spiro atoms. The molecule has 0 saturated heterocycles. The van der Waals surface area contributed by atoms with Crippen molar-refractivity contribution < 1.29 is 16.6 Å². The van der Waals surface area contributed by atoms with E-state index in [0.717, 1.165) is 0 Å². The van der Waals surface area contributed by atoms with Crippen LogP contribution in [0.1, 0.15) is 22.3 Å². The fraction of sp³-hybridized carbons (Fsp3) is 0.111. The number of allylic oxidation sites excluding steroid dienone is 8. The van der Waals surface area contributed by atoms with E-state index in [1.54, 1.807) is 0 Å². The van der Waals surface area contributed by atoms with Gasteiger partial charge in [0.15, 0.2) is 0 Å². The second-order valence-electron chi connectivity index (χ2n) is 10.4. The van der Waals surface area contributed by atoms with E-state index in [1.807, 2.05) is 0 Å². The molecule has 0 radical (unpaired) electrons. The molecule has 0 aromatic heterocycles. The molecule has 0 aliphatic heterocycles. The van der Waals surface area contributed by atoms with Crippen molar-refractivity contribution in [3.05, 3.63) is 180 Å². The molecule has 0 fully saturated rings. The van der Waals surface area contributed by atoms with E-state index in [0.29, 0.717) is 0 Å². The molecule has 4 aromatic rings. The van der Waals surface area contributed by atoms with Gasteiger partial charge < -0.3 is 0 Å². The standard InChI is InChI=1S/2C11H9.2C7H7.Ti/c2*1-2-6-10(7-3-1)11-8-4-5-9-11;2*1-7-5-3-2-4-6-7;/h2*1-9H;2*3-6H,1H3;. The summed E-state index contributed by atoms with van der Waals surface area (Å²) in [6.07, 6.45) is 19.1. The summed E-state index contributed by atoms with van der Waals surface area (Å²) in [7, 11) is 0. The van der Waals surface area contributed by atoms with E-state index < -0.39 is 16.6 Å². The first-order valence-electron chi connectivity index (χ1n) is 13.1. The van der Waals surface area contributed by atoms with Gasteiger partial charge in [-0.05, 0) is 0 Å². The molecule has 0 atom stereocenters. The molecule has 2 aliphatic rings. The molecule has 0 saturated carbocycles. The van der Waals surface area contributed by atoms with Gasteiger partial charge in [0.2, 0.25) is 0 Å². The van der Waals surface area contributed by atoms with Crippen molar-refractivity contribution in [2.75, 3.05) is 0 Å². The van der Waals surface area contributed by atoms with Crippen molar-refractivity contribution in [2.24, 2.45) is 0 Å². The SMILES string of the molecule is Cc1cc[c]([Ti]([c]2ccc(C)cc2)([C]2(c3ccccc3)C=CC=C2)[C]2(c3ccccc3)C=CC=C2)cc1. The molecule has 180 valence electrons. The quantitative estimate of drug-likeness (QED) is 0.236. The average Bonchev–Trinajstić information content (AvgIpc) is 3.65. The van der Waals surface area contributed by atoms with Crippen LogP contribution in [0.25, 0.3) is 0 Å². The number of aryl methyl sites for hydroxylation is 2. The van der Waals surface area contributed by atoms with Crippen LogP contribution in [0.15, 0.2) is 158 Å². The Balaban J connectivity index is 1.85. The fourth-order valence-corrected chi connectivity index (χ4v) is 17.4. The Bertz CT molecular complexity index is 1360. The van der Waals surface area contributed by atoms with Crippen molar-refractivity contribution in [3.63, 3.8) is 0 Å². The molecule has 37 heavy (non-hydrogen) atoms. The summed E-state index contributed by atoms with van der Waals surface area (Å²) in [6.45, 7) is 4.38. The van der Waals surface area contributed by atoms with Crippen LogP contribution in [0.4, 0.5) is 0 Å². The Hall–Kier alpha value is -3.45. The Morgan fingerprint density at radius 2 is 0.730 bits per heavy atom. The molecule has 0 unspecified atom stereocenters. The van der Waals surface area contributed by atoms with Gasteiger partial charge >= 0.3 is 226 Å². The molecular formula is C36H32Ti. The zero-order valence-corrected chi connectivity index (χ0v) is 23.1. The first-order valence-corrected chi connectivity index (χ1v) is 16.2. The Morgan fingerprint density at radius 1 is 0.405 bits per heavy atom. The number of hydrogen-bond donors (Lipinski definition) is 0. The topological polar surface area (TPSA) is 0 Å². The van der Waals surface area contributed by atoms with Crippen LogP contribution >= 0.6 is 0 Å². The Morgan fingerprint density at radius 3 is 1.05 bits per heavy atom. The average molecular weight is 513 g/mol. The summed E-state index contributed by atoms with van der Waals surface area (Å²) < 4.78 is 2.46. The van der Waals surface area contributed by atoms with Gasteiger partial charge in [-0.3, -0.25) is 0 Å². The van der Waals surface area contributed by atoms with Gasteiger partial charge in [0.25, 0.3) is 0 Å². The molecule has 1 heteroatoms. The third-order valence-corrected chi connectivity index (χ3v) is 17.9. The molecule has 0 nitrogen and oxygen atoms in total. The molecule has 0 bridgehead atoms. The van der Waals surface area contributed by atoms with Crippen molar-refractivity contribution >= 4 is 7.74 Å². The summed E-state index contributed by atoms with van der Waals surface area (Å²) in [5.74, 6) is 0. The zero-order chi connectivity index (χ0) is 25.3. The number of rotatable bonds is 6. The summed E-state index contributed by atoms with van der Waals surface area (Å²) >= 11 is -3.68. The second-order valence-corrected chi connectivity index (χ2v) is 17.1. The predicted octanol–water partition coefficient (Wildman–Crippen LogP) is 7.45. The minimum absolute atomic E-state index is 0.249. The van der Waals surface area contributed by atoms with Gasteiger partial charge in [0.1, 0.15) is 0 Å². The molecule has 2 aliphatic carbocycles. The van der Waals surface area contributed by atoms with Crippen molar-refractivity contribution in [3.8, 4) is 0 Å². The molecule has 0 amide bonds. The van der Waals surface area contributed by atoms with Crippen LogP contribution in [0.5, 0.6) is 0 Å². The van der Waals surface area contributed by atoms with Crippen LogP contribution in [0.3, 0.4) is 0 Å². The maximum atomic E-state index is 2.51. The number of benzene rings is 4. The summed E-state index contributed by atoms with van der Waals surface area (Å²) in [5.41, 5.74) is 5.32. The van der Waals surface area contributed by atoms with Gasteiger partial charge in [-0.1, -0.05) is 0 Å². The second kappa shape index (κ2) is 9.45. The third-order valence-electron chi connectivity index (χ3n) is 8.37. The summed E-state index contributed by atoms with van der Waals surface area (Å²) in [5, 5.41) is 0. The van der Waals surface area contributed by atoms with Gasteiger partial charge in [-0.2, -0.15) is 0 Å². The van der Waals surface area contributed by atoms with E-state index in [2.05, 4.69) is 172 Å². The summed E-state index contributed by atoms with van der Waals surface area (Å²) in [4.78, 5) is 0. The van der Waals surface area contributed by atoms with Crippen LogP contribution < -0.4 is 7.74 Å². The Labute approximate surface area is 224 Å². The monoisotopic (exact) mass is 512 g/mol. The predicted molar refractivity (Wildman–Crippen MR) is 154 cm³/mol. The van der Waals surface area contributed by atoms with Crippen LogP contribution in [0, 0.1) is 13.8 Å². The van der Waals surface area contributed by atoms with E-state index >= 15 is 0 Å². The maximum absolute atomic E-state index is 3.68. The van der Waals surface area contributed by atoms with Crippen LogP contribution in [0.2, 0.25) is 0 Å². The normalized spacial score (nSPS) is 16.9. The molecular weight excluding hydrogens is 480 g/mol. The molecule has 0 N–H and O–H groups in total. The van der Waals surface area contributed by atoms with Crippen LogP contribution in [-0.2, 0) is 24.0 Å². The fourth-order valence-electron chi connectivity index (χ4n) is 6.76. The van der Waals surface area contributed by atoms with Crippen molar-refractivity contribution in [1.29, 1.82) is 0 Å². The van der Waals surface area contributed by atoms with Crippen molar-refractivity contribution in [1.82, 2.24) is 0 Å². The third kappa shape index (κ3) is 3.55. The van der Waals surface area contributed by atoms with Gasteiger partial charge in [0, 0.05) is 0 Å². The van der Waals surface area contributed by atoms with Gasteiger partial charge in [0.05, 0.1) is 0 Å². The molecule has 0 heterocycles. The van der Waals surface area contributed by atoms with E-state index in [9.17, 15) is 0 Å².